The summed E-state index contributed by atoms with van der Waals surface area (Å²) in [5.74, 6) is -0.300. The monoisotopic (exact) mass is 263 g/mol. The molecule has 0 N–H and O–H groups in total. The molecule has 0 spiro atoms. The van der Waals surface area contributed by atoms with Gasteiger partial charge >= 0.3 is 5.97 Å². The van der Waals surface area contributed by atoms with E-state index in [0.717, 1.165) is 5.56 Å². The first kappa shape index (κ1) is 14.9. The fourth-order valence-electron chi connectivity index (χ4n) is 1.38. The second-order valence-corrected chi connectivity index (χ2v) is 5.04. The van der Waals surface area contributed by atoms with E-state index in [9.17, 15) is 14.9 Å². The number of nitro groups is 1. The molecule has 0 saturated heterocycles. The summed E-state index contributed by atoms with van der Waals surface area (Å²) >= 11 is 0. The van der Waals surface area contributed by atoms with Crippen LogP contribution in [-0.2, 0) is 9.53 Å². The van der Waals surface area contributed by atoms with Gasteiger partial charge in [-0.1, -0.05) is 12.2 Å². The molecular weight excluding hydrogens is 246 g/mol. The molecule has 0 heterocycles. The number of hydrogen-bond acceptors (Lipinski definition) is 4. The van der Waals surface area contributed by atoms with E-state index in [4.69, 9.17) is 4.74 Å². The number of nitrogens with zero attached hydrogens (tertiary/aromatic N) is 1. The Morgan fingerprint density at radius 1 is 1.32 bits per heavy atom. The van der Waals surface area contributed by atoms with E-state index < -0.39 is 10.5 Å². The second kappa shape index (κ2) is 6.13. The first-order valence-electron chi connectivity index (χ1n) is 5.91. The Hall–Kier alpha value is -2.17. The first-order valence-corrected chi connectivity index (χ1v) is 5.91. The van der Waals surface area contributed by atoms with Crippen LogP contribution in [0.5, 0.6) is 0 Å². The van der Waals surface area contributed by atoms with Crippen LogP contribution in [0.4, 0.5) is 5.69 Å². The highest BCUT2D eigenvalue weighted by Gasteiger charge is 2.14. The van der Waals surface area contributed by atoms with Crippen molar-refractivity contribution in [3.63, 3.8) is 0 Å². The van der Waals surface area contributed by atoms with Crippen LogP contribution in [0.25, 0.3) is 6.08 Å². The summed E-state index contributed by atoms with van der Waals surface area (Å²) in [4.78, 5) is 21.5. The molecule has 0 aliphatic rings. The lowest BCUT2D eigenvalue weighted by atomic mass is 10.2. The Morgan fingerprint density at radius 3 is 2.37 bits per heavy atom. The summed E-state index contributed by atoms with van der Waals surface area (Å²) in [6.07, 6.45) is 3.58. The summed E-state index contributed by atoms with van der Waals surface area (Å²) in [6, 6.07) is 6.10. The highest BCUT2D eigenvalue weighted by atomic mass is 16.6. The van der Waals surface area contributed by atoms with Crippen LogP contribution in [-0.4, -0.2) is 16.5 Å². The number of non-ortho nitro benzene ring substituents is 1. The molecule has 0 aromatic heterocycles. The van der Waals surface area contributed by atoms with Gasteiger partial charge in [0.05, 0.1) is 11.3 Å². The van der Waals surface area contributed by atoms with E-state index in [2.05, 4.69) is 0 Å². The van der Waals surface area contributed by atoms with Crippen LogP contribution in [0.2, 0.25) is 0 Å². The SMILES string of the molecule is CC(C)(C)OC(=O)C/C=C/c1ccc([N+](=O)[O-])cc1. The maximum absolute atomic E-state index is 11.4. The van der Waals surface area contributed by atoms with Crippen molar-refractivity contribution < 1.29 is 14.5 Å². The van der Waals surface area contributed by atoms with Gasteiger partial charge in [-0.15, -0.1) is 0 Å². The van der Waals surface area contributed by atoms with E-state index in [0.29, 0.717) is 0 Å². The molecular formula is C14H17NO4. The Kier molecular flexibility index (Phi) is 4.80. The fraction of sp³-hybridized carbons (Fsp3) is 0.357. The van der Waals surface area contributed by atoms with Gasteiger partial charge in [-0.2, -0.15) is 0 Å². The van der Waals surface area contributed by atoms with Crippen molar-refractivity contribution in [1.82, 2.24) is 0 Å². The summed E-state index contributed by atoms with van der Waals surface area (Å²) in [5, 5.41) is 10.5. The third kappa shape index (κ3) is 5.81. The lowest BCUT2D eigenvalue weighted by Gasteiger charge is -2.18. The predicted octanol–water partition coefficient (Wildman–Crippen LogP) is 3.34. The molecule has 102 valence electrons. The highest BCUT2D eigenvalue weighted by molar-refractivity contribution is 5.73. The Bertz CT molecular complexity index is 483. The molecule has 0 atom stereocenters. The van der Waals surface area contributed by atoms with Crippen molar-refractivity contribution in [3.8, 4) is 0 Å². The van der Waals surface area contributed by atoms with Crippen molar-refractivity contribution in [3.05, 3.63) is 46.0 Å². The third-order valence-corrected chi connectivity index (χ3v) is 2.12. The largest absolute Gasteiger partial charge is 0.460 e. The Labute approximate surface area is 112 Å². The van der Waals surface area contributed by atoms with Crippen molar-refractivity contribution in [2.24, 2.45) is 0 Å². The van der Waals surface area contributed by atoms with Gasteiger partial charge in [0, 0.05) is 12.1 Å². The minimum absolute atomic E-state index is 0.0456. The maximum Gasteiger partial charge on any atom is 0.310 e. The summed E-state index contributed by atoms with van der Waals surface area (Å²) < 4.78 is 5.15. The number of benzene rings is 1. The quantitative estimate of drug-likeness (QED) is 0.474. The van der Waals surface area contributed by atoms with Crippen LogP contribution in [0.15, 0.2) is 30.3 Å². The summed E-state index contributed by atoms with van der Waals surface area (Å²) in [7, 11) is 0. The topological polar surface area (TPSA) is 69.4 Å². The van der Waals surface area contributed by atoms with Crippen LogP contribution in [0.3, 0.4) is 0 Å². The average Bonchev–Trinajstić information content (AvgIpc) is 2.27. The van der Waals surface area contributed by atoms with Gasteiger partial charge in [-0.25, -0.2) is 0 Å². The van der Waals surface area contributed by atoms with Crippen molar-refractivity contribution >= 4 is 17.7 Å². The number of carbonyl (C=O) groups is 1. The van der Waals surface area contributed by atoms with Crippen LogP contribution < -0.4 is 0 Å². The third-order valence-electron chi connectivity index (χ3n) is 2.12. The number of rotatable bonds is 4. The molecule has 0 fully saturated rings. The van der Waals surface area contributed by atoms with Gasteiger partial charge in [0.15, 0.2) is 0 Å². The van der Waals surface area contributed by atoms with Gasteiger partial charge < -0.3 is 4.74 Å². The van der Waals surface area contributed by atoms with E-state index in [-0.39, 0.29) is 18.1 Å². The van der Waals surface area contributed by atoms with E-state index >= 15 is 0 Å². The zero-order chi connectivity index (χ0) is 14.5. The number of nitro benzene ring substituents is 1. The smallest absolute Gasteiger partial charge is 0.310 e. The second-order valence-electron chi connectivity index (χ2n) is 5.04. The number of ether oxygens (including phenoxy) is 1. The van der Waals surface area contributed by atoms with Gasteiger partial charge in [0.2, 0.25) is 0 Å². The fourth-order valence-corrected chi connectivity index (χ4v) is 1.38. The van der Waals surface area contributed by atoms with Gasteiger partial charge in [-0.05, 0) is 38.5 Å². The Balaban J connectivity index is 2.53. The summed E-state index contributed by atoms with van der Waals surface area (Å²) in [6.45, 7) is 5.43. The van der Waals surface area contributed by atoms with E-state index in [1.165, 1.54) is 12.1 Å². The molecule has 1 aromatic rings. The molecule has 0 bridgehead atoms. The van der Waals surface area contributed by atoms with Gasteiger partial charge in [-0.3, -0.25) is 14.9 Å². The highest BCUT2D eigenvalue weighted by Crippen LogP contribution is 2.13. The molecule has 0 amide bonds. The lowest BCUT2D eigenvalue weighted by Crippen LogP contribution is -2.23. The average molecular weight is 263 g/mol. The standard InChI is InChI=1S/C14H17NO4/c1-14(2,3)19-13(16)6-4-5-11-7-9-12(10-8-11)15(17)18/h4-5,7-10H,6H2,1-3H3/b5-4+. The zero-order valence-corrected chi connectivity index (χ0v) is 11.3. The minimum atomic E-state index is -0.488. The Morgan fingerprint density at radius 2 is 1.89 bits per heavy atom. The number of esters is 1. The normalized spacial score (nSPS) is 11.5. The molecule has 5 nitrogen and oxygen atoms in total. The zero-order valence-electron chi connectivity index (χ0n) is 11.3. The van der Waals surface area contributed by atoms with Crippen molar-refractivity contribution in [1.29, 1.82) is 0 Å². The summed E-state index contributed by atoms with van der Waals surface area (Å²) in [5.41, 5.74) is 0.358. The van der Waals surface area contributed by atoms with Crippen molar-refractivity contribution in [2.45, 2.75) is 32.8 Å². The number of carbonyl (C=O) groups excluding carboxylic acids is 1. The van der Waals surface area contributed by atoms with Gasteiger partial charge in [0.25, 0.3) is 5.69 Å². The van der Waals surface area contributed by atoms with E-state index in [1.807, 2.05) is 20.8 Å². The number of hydrogen-bond donors (Lipinski definition) is 0. The molecule has 0 aliphatic carbocycles. The maximum atomic E-state index is 11.4. The van der Waals surface area contributed by atoms with Crippen LogP contribution in [0.1, 0.15) is 32.8 Å². The van der Waals surface area contributed by atoms with Crippen LogP contribution >= 0.6 is 0 Å². The first-order chi connectivity index (χ1) is 8.78. The molecule has 0 unspecified atom stereocenters. The molecule has 0 radical (unpaired) electrons. The predicted molar refractivity (Wildman–Crippen MR) is 72.6 cm³/mol. The molecule has 0 aliphatic heterocycles. The van der Waals surface area contributed by atoms with Gasteiger partial charge in [0.1, 0.15) is 5.60 Å². The van der Waals surface area contributed by atoms with Crippen LogP contribution in [0, 0.1) is 10.1 Å². The molecule has 1 rings (SSSR count). The van der Waals surface area contributed by atoms with E-state index in [1.54, 1.807) is 24.3 Å². The molecule has 5 heteroatoms. The molecule has 19 heavy (non-hydrogen) atoms. The molecule has 1 aromatic carbocycles. The lowest BCUT2D eigenvalue weighted by molar-refractivity contribution is -0.384. The van der Waals surface area contributed by atoms with Crippen molar-refractivity contribution in [2.75, 3.05) is 0 Å². The molecule has 0 saturated carbocycles. The minimum Gasteiger partial charge on any atom is -0.460 e.